The van der Waals surface area contributed by atoms with Gasteiger partial charge in [0.25, 0.3) is 0 Å². The van der Waals surface area contributed by atoms with E-state index in [0.717, 1.165) is 5.01 Å². The fraction of sp³-hybridized carbons (Fsp3) is 0. The number of rotatable bonds is 0. The molecule has 0 aromatic carbocycles. The number of carbonyl (C=O) groups is 1. The van der Waals surface area contributed by atoms with E-state index in [-0.39, 0.29) is 0 Å². The van der Waals surface area contributed by atoms with Gasteiger partial charge in [-0.3, -0.25) is 0 Å². The van der Waals surface area contributed by atoms with Gasteiger partial charge < -0.3 is 5.73 Å². The number of hydrogen-bond acceptors (Lipinski definition) is 2. The van der Waals surface area contributed by atoms with Gasteiger partial charge in [0.2, 0.25) is 0 Å². The monoisotopic (exact) mass is 137 g/mol. The van der Waals surface area contributed by atoms with E-state index in [4.69, 9.17) is 5.73 Å². The van der Waals surface area contributed by atoms with E-state index in [9.17, 15) is 4.79 Å². The number of hydrazone groups is 1. The molecule has 4 nitrogen and oxygen atoms in total. The molecule has 0 aliphatic carbocycles. The summed E-state index contributed by atoms with van der Waals surface area (Å²) in [5.41, 5.74) is 4.93. The average molecular weight is 137 g/mol. The molecular formula is C6H7N3O. The molecule has 1 heterocycles. The molecule has 1 rings (SSSR count). The predicted molar refractivity (Wildman–Crippen MR) is 38.2 cm³/mol. The van der Waals surface area contributed by atoms with Crippen LogP contribution in [0.4, 0.5) is 4.79 Å². The average Bonchev–Trinajstić information content (AvgIpc) is 2.12. The molecule has 0 unspecified atom stereocenters. The predicted octanol–water partition coefficient (Wildman–Crippen LogP) is 0.436. The maximum atomic E-state index is 10.5. The molecule has 0 saturated heterocycles. The maximum Gasteiger partial charge on any atom is 0.339 e. The lowest BCUT2D eigenvalue weighted by molar-refractivity contribution is 0.226. The van der Waals surface area contributed by atoms with Crippen LogP contribution in [0.15, 0.2) is 29.5 Å². The first kappa shape index (κ1) is 6.54. The van der Waals surface area contributed by atoms with Crippen molar-refractivity contribution in [1.82, 2.24) is 5.01 Å². The van der Waals surface area contributed by atoms with Crippen LogP contribution in [0.3, 0.4) is 0 Å². The van der Waals surface area contributed by atoms with Crippen molar-refractivity contribution in [1.29, 1.82) is 0 Å². The van der Waals surface area contributed by atoms with Crippen molar-refractivity contribution < 1.29 is 4.79 Å². The van der Waals surface area contributed by atoms with Gasteiger partial charge in [-0.05, 0) is 12.2 Å². The highest BCUT2D eigenvalue weighted by atomic mass is 16.2. The van der Waals surface area contributed by atoms with E-state index >= 15 is 0 Å². The number of amides is 2. The Kier molecular flexibility index (Phi) is 1.84. The molecule has 0 radical (unpaired) electrons. The highest BCUT2D eigenvalue weighted by Gasteiger charge is 2.00. The van der Waals surface area contributed by atoms with Gasteiger partial charge in [0, 0.05) is 12.4 Å². The first-order valence-electron chi connectivity index (χ1n) is 2.77. The minimum atomic E-state index is -0.587. The van der Waals surface area contributed by atoms with Gasteiger partial charge in [-0.15, -0.1) is 0 Å². The van der Waals surface area contributed by atoms with Gasteiger partial charge in [0.15, 0.2) is 0 Å². The number of primary amides is 1. The Morgan fingerprint density at radius 2 is 2.20 bits per heavy atom. The summed E-state index contributed by atoms with van der Waals surface area (Å²) >= 11 is 0. The van der Waals surface area contributed by atoms with E-state index in [0.29, 0.717) is 0 Å². The molecule has 10 heavy (non-hydrogen) atoms. The molecule has 2 amide bonds. The van der Waals surface area contributed by atoms with Crippen molar-refractivity contribution in [2.75, 3.05) is 0 Å². The third kappa shape index (κ3) is 1.45. The van der Waals surface area contributed by atoms with E-state index in [1.54, 1.807) is 18.2 Å². The third-order valence-corrected chi connectivity index (χ3v) is 0.952. The highest BCUT2D eigenvalue weighted by Crippen LogP contribution is 1.93. The Labute approximate surface area is 58.3 Å². The van der Waals surface area contributed by atoms with Crippen LogP contribution in [0, 0.1) is 0 Å². The molecule has 0 fully saturated rings. The summed E-state index contributed by atoms with van der Waals surface area (Å²) in [4.78, 5) is 10.5. The van der Waals surface area contributed by atoms with Gasteiger partial charge in [-0.25, -0.2) is 4.79 Å². The molecule has 0 spiro atoms. The van der Waals surface area contributed by atoms with Crippen molar-refractivity contribution >= 4 is 12.2 Å². The van der Waals surface area contributed by atoms with Gasteiger partial charge in [0.1, 0.15) is 0 Å². The second-order valence-electron chi connectivity index (χ2n) is 1.67. The lowest BCUT2D eigenvalue weighted by Gasteiger charge is -2.04. The second-order valence-corrected chi connectivity index (χ2v) is 1.67. The quantitative estimate of drug-likeness (QED) is 0.517. The maximum absolute atomic E-state index is 10.5. The fourth-order valence-electron chi connectivity index (χ4n) is 0.524. The Morgan fingerprint density at radius 1 is 1.40 bits per heavy atom. The van der Waals surface area contributed by atoms with Crippen LogP contribution in [0.5, 0.6) is 0 Å². The lowest BCUT2D eigenvalue weighted by Crippen LogP contribution is -2.26. The first-order valence-corrected chi connectivity index (χ1v) is 2.77. The number of hydrogen-bond donors (Lipinski definition) is 1. The van der Waals surface area contributed by atoms with Crippen LogP contribution in [0.2, 0.25) is 0 Å². The zero-order chi connectivity index (χ0) is 7.40. The topological polar surface area (TPSA) is 58.7 Å². The Hall–Kier alpha value is -1.58. The SMILES string of the molecule is NC(=O)N1C=CC=CC=N1. The Balaban J connectivity index is 2.72. The fourth-order valence-corrected chi connectivity index (χ4v) is 0.524. The summed E-state index contributed by atoms with van der Waals surface area (Å²) in [6.07, 6.45) is 8.12. The molecule has 4 heteroatoms. The van der Waals surface area contributed by atoms with E-state index in [1.165, 1.54) is 12.4 Å². The molecule has 0 bridgehead atoms. The highest BCUT2D eigenvalue weighted by molar-refractivity contribution is 5.78. The second kappa shape index (κ2) is 2.82. The summed E-state index contributed by atoms with van der Waals surface area (Å²) < 4.78 is 0. The molecule has 52 valence electrons. The molecule has 0 atom stereocenters. The molecular weight excluding hydrogens is 130 g/mol. The van der Waals surface area contributed by atoms with Gasteiger partial charge in [-0.2, -0.15) is 10.1 Å². The zero-order valence-electron chi connectivity index (χ0n) is 5.27. The molecule has 0 aromatic heterocycles. The normalized spacial score (nSPS) is 15.4. The minimum absolute atomic E-state index is 0.587. The van der Waals surface area contributed by atoms with Crippen LogP contribution < -0.4 is 5.73 Å². The number of carbonyl (C=O) groups excluding carboxylic acids is 1. The molecule has 0 aromatic rings. The first-order chi connectivity index (χ1) is 4.80. The van der Waals surface area contributed by atoms with Crippen molar-refractivity contribution in [3.63, 3.8) is 0 Å². The van der Waals surface area contributed by atoms with Crippen molar-refractivity contribution in [3.8, 4) is 0 Å². The van der Waals surface area contributed by atoms with Crippen molar-refractivity contribution in [2.24, 2.45) is 10.8 Å². The lowest BCUT2D eigenvalue weighted by atomic mass is 10.5. The summed E-state index contributed by atoms with van der Waals surface area (Å²) in [7, 11) is 0. The standard InChI is InChI=1S/C6H7N3O/c7-6(10)9-5-3-1-2-4-8-9/h1-5H,(H2,7,10). The minimum Gasteiger partial charge on any atom is -0.350 e. The third-order valence-electron chi connectivity index (χ3n) is 0.952. The summed E-state index contributed by atoms with van der Waals surface area (Å²) in [6, 6.07) is -0.587. The molecule has 0 saturated carbocycles. The summed E-state index contributed by atoms with van der Waals surface area (Å²) in [5, 5.41) is 4.74. The number of urea groups is 1. The van der Waals surface area contributed by atoms with Crippen molar-refractivity contribution in [3.05, 3.63) is 24.4 Å². The van der Waals surface area contributed by atoms with Crippen LogP contribution >= 0.6 is 0 Å². The van der Waals surface area contributed by atoms with Gasteiger partial charge >= 0.3 is 6.03 Å². The largest absolute Gasteiger partial charge is 0.350 e. The van der Waals surface area contributed by atoms with E-state index in [2.05, 4.69) is 5.10 Å². The number of nitrogens with zero attached hydrogens (tertiary/aromatic N) is 2. The summed E-state index contributed by atoms with van der Waals surface area (Å²) in [5.74, 6) is 0. The van der Waals surface area contributed by atoms with Gasteiger partial charge in [0.05, 0.1) is 0 Å². The molecule has 1 aliphatic rings. The van der Waals surface area contributed by atoms with E-state index < -0.39 is 6.03 Å². The Morgan fingerprint density at radius 3 is 2.90 bits per heavy atom. The summed E-state index contributed by atoms with van der Waals surface area (Å²) in [6.45, 7) is 0. The smallest absolute Gasteiger partial charge is 0.339 e. The Bertz CT molecular complexity index is 201. The van der Waals surface area contributed by atoms with Crippen LogP contribution in [-0.4, -0.2) is 17.3 Å². The van der Waals surface area contributed by atoms with Gasteiger partial charge in [-0.1, -0.05) is 6.08 Å². The van der Waals surface area contributed by atoms with Crippen molar-refractivity contribution in [2.45, 2.75) is 0 Å². The zero-order valence-corrected chi connectivity index (χ0v) is 5.27. The number of nitrogens with two attached hydrogens (primary N) is 1. The van der Waals surface area contributed by atoms with Crippen LogP contribution in [-0.2, 0) is 0 Å². The van der Waals surface area contributed by atoms with E-state index in [1.807, 2.05) is 0 Å². The number of allylic oxidation sites excluding steroid dienone is 3. The van der Waals surface area contributed by atoms with Crippen LogP contribution in [0.25, 0.3) is 0 Å². The van der Waals surface area contributed by atoms with Crippen LogP contribution in [0.1, 0.15) is 0 Å². The molecule has 1 aliphatic heterocycles. The molecule has 2 N–H and O–H groups in total.